The van der Waals surface area contributed by atoms with Gasteiger partial charge >= 0.3 is 0 Å². The average molecular weight is 529 g/mol. The second-order valence-electron chi connectivity index (χ2n) is 10.1. The first kappa shape index (κ1) is 20.6. The number of nitrogens with zero attached hydrogens (tertiary/aromatic N) is 4. The van der Waals surface area contributed by atoms with E-state index >= 15 is 0 Å². The molecule has 190 valence electrons. The molecular formula is C34H29N4S+. The van der Waals surface area contributed by atoms with Crippen molar-refractivity contribution in [1.29, 1.82) is 0 Å². The number of hydrogen-bond acceptors (Lipinski definition) is 2. The molecule has 4 aromatic carbocycles. The van der Waals surface area contributed by atoms with Gasteiger partial charge in [-0.25, -0.2) is 9.55 Å². The third-order valence-corrected chi connectivity index (χ3v) is 8.25. The van der Waals surface area contributed by atoms with Gasteiger partial charge in [-0.05, 0) is 72.1 Å². The van der Waals surface area contributed by atoms with Crippen LogP contribution < -0.4 is 4.57 Å². The van der Waals surface area contributed by atoms with Gasteiger partial charge in [0.05, 0.1) is 22.1 Å². The van der Waals surface area contributed by atoms with Gasteiger partial charge < -0.3 is 0 Å². The molecule has 5 heteroatoms. The number of benzene rings is 4. The Hall–Kier alpha value is -4.35. The normalized spacial score (nSPS) is 13.3. The van der Waals surface area contributed by atoms with Gasteiger partial charge in [0, 0.05) is 26.8 Å². The highest BCUT2D eigenvalue weighted by atomic mass is 32.2. The van der Waals surface area contributed by atoms with Gasteiger partial charge in [-0.1, -0.05) is 68.1 Å². The number of fused-ring (bicyclic) bond motifs is 4. The fourth-order valence-electron chi connectivity index (χ4n) is 5.33. The number of aromatic nitrogens is 4. The molecule has 0 aliphatic heterocycles. The minimum absolute atomic E-state index is 0.407. The Labute approximate surface area is 236 Å². The maximum Gasteiger partial charge on any atom is 0.249 e. The molecule has 0 saturated carbocycles. The molecule has 0 fully saturated rings. The third kappa shape index (κ3) is 4.10. The Morgan fingerprint density at radius 2 is 1.56 bits per heavy atom. The molecule has 0 radical (unpaired) electrons. The SMILES string of the molecule is [2H]C([2H])([2H])[n+]1cn(-c2cccc(Sc3ccc4c5ccccc5n(-c5cc(C(C)C)ccn5)c4c3)c2)c2ccccc21. The number of aryl methyl sites for hydroxylation is 1. The summed E-state index contributed by atoms with van der Waals surface area (Å²) in [5, 5.41) is 2.39. The van der Waals surface area contributed by atoms with Crippen molar-refractivity contribution in [3.8, 4) is 11.5 Å². The molecule has 0 N–H and O–H groups in total. The zero-order valence-corrected chi connectivity index (χ0v) is 22.6. The van der Waals surface area contributed by atoms with Crippen molar-refractivity contribution < 1.29 is 8.68 Å². The number of para-hydroxylation sites is 3. The molecule has 7 rings (SSSR count). The Morgan fingerprint density at radius 3 is 2.44 bits per heavy atom. The van der Waals surface area contributed by atoms with E-state index in [0.29, 0.717) is 11.4 Å². The molecular weight excluding hydrogens is 496 g/mol. The minimum atomic E-state index is -2.27. The first-order chi connectivity index (χ1) is 20.3. The summed E-state index contributed by atoms with van der Waals surface area (Å²) in [5.74, 6) is 1.32. The maximum atomic E-state index is 8.01. The minimum Gasteiger partial charge on any atom is -0.294 e. The van der Waals surface area contributed by atoms with E-state index in [-0.39, 0.29) is 0 Å². The van der Waals surface area contributed by atoms with Crippen LogP contribution in [0.25, 0.3) is 44.3 Å². The first-order valence-electron chi connectivity index (χ1n) is 14.6. The molecule has 3 aromatic heterocycles. The lowest BCUT2D eigenvalue weighted by Gasteiger charge is -2.11. The quantitative estimate of drug-likeness (QED) is 0.210. The Bertz CT molecular complexity index is 2110. The van der Waals surface area contributed by atoms with Crippen molar-refractivity contribution in [1.82, 2.24) is 14.1 Å². The monoisotopic (exact) mass is 528 g/mol. The van der Waals surface area contributed by atoms with Crippen LogP contribution in [0.2, 0.25) is 0 Å². The van der Waals surface area contributed by atoms with Crippen LogP contribution in [0, 0.1) is 0 Å². The van der Waals surface area contributed by atoms with Crippen LogP contribution in [0.1, 0.15) is 29.4 Å². The first-order valence-corrected chi connectivity index (χ1v) is 13.9. The Morgan fingerprint density at radius 1 is 0.769 bits per heavy atom. The van der Waals surface area contributed by atoms with Crippen LogP contribution in [-0.4, -0.2) is 14.1 Å². The summed E-state index contributed by atoms with van der Waals surface area (Å²) >= 11 is 1.69. The molecule has 3 heterocycles. The van der Waals surface area contributed by atoms with Gasteiger partial charge in [-0.2, -0.15) is 4.57 Å². The second-order valence-corrected chi connectivity index (χ2v) is 11.2. The van der Waals surface area contributed by atoms with Crippen LogP contribution in [0.15, 0.2) is 125 Å². The summed E-state index contributed by atoms with van der Waals surface area (Å²) in [6, 6.07) is 35.2. The summed E-state index contributed by atoms with van der Waals surface area (Å²) in [7, 11) is 0. The second kappa shape index (κ2) is 9.44. The van der Waals surface area contributed by atoms with Crippen LogP contribution in [-0.2, 0) is 6.98 Å². The van der Waals surface area contributed by atoms with Crippen LogP contribution in [0.3, 0.4) is 0 Å². The topological polar surface area (TPSA) is 26.6 Å². The molecule has 0 atom stereocenters. The van der Waals surface area contributed by atoms with Gasteiger partial charge in [0.1, 0.15) is 11.5 Å². The molecule has 0 bridgehead atoms. The third-order valence-electron chi connectivity index (χ3n) is 7.27. The lowest BCUT2D eigenvalue weighted by molar-refractivity contribution is -0.645. The lowest BCUT2D eigenvalue weighted by Crippen LogP contribution is -2.25. The van der Waals surface area contributed by atoms with E-state index in [9.17, 15) is 0 Å². The van der Waals surface area contributed by atoms with Gasteiger partial charge in [0.15, 0.2) is 11.0 Å². The van der Waals surface area contributed by atoms with E-state index in [1.807, 2.05) is 47.2 Å². The largest absolute Gasteiger partial charge is 0.294 e. The van der Waals surface area contributed by atoms with E-state index in [1.54, 1.807) is 18.1 Å². The zero-order chi connectivity index (χ0) is 29.0. The van der Waals surface area contributed by atoms with Crippen molar-refractivity contribution in [2.45, 2.75) is 29.6 Å². The fourth-order valence-corrected chi connectivity index (χ4v) is 6.23. The molecule has 0 spiro atoms. The number of imidazole rings is 1. The molecule has 39 heavy (non-hydrogen) atoms. The fraction of sp³-hybridized carbons (Fsp3) is 0.118. The van der Waals surface area contributed by atoms with Gasteiger partial charge in [-0.3, -0.25) is 4.57 Å². The zero-order valence-electron chi connectivity index (χ0n) is 24.7. The highest BCUT2D eigenvalue weighted by molar-refractivity contribution is 7.99. The van der Waals surface area contributed by atoms with E-state index in [4.69, 9.17) is 9.10 Å². The van der Waals surface area contributed by atoms with Crippen molar-refractivity contribution >= 4 is 44.6 Å². The standard InChI is InChI=1S/C34H29N4S/c1-23(2)24-17-18-35-34(19-24)38-30-12-5-4-11-28(30)29-16-15-27(21-33(29)38)39-26-10-8-9-25(20-26)37-22-36(3)31-13-6-7-14-32(31)37/h4-23H,1-3H3/q+1/i3D3. The Kier molecular flexibility index (Phi) is 4.98. The summed E-state index contributed by atoms with van der Waals surface area (Å²) in [5.41, 5.74) is 5.92. The summed E-state index contributed by atoms with van der Waals surface area (Å²) in [6.07, 6.45) is 3.57. The number of rotatable bonds is 5. The average Bonchev–Trinajstić information content (AvgIpc) is 3.54. The Balaban J connectivity index is 1.32. The smallest absolute Gasteiger partial charge is 0.249 e. The van der Waals surface area contributed by atoms with Crippen LogP contribution in [0.5, 0.6) is 0 Å². The molecule has 0 aliphatic rings. The summed E-state index contributed by atoms with van der Waals surface area (Å²) in [6.45, 7) is 2.13. The van der Waals surface area contributed by atoms with Crippen molar-refractivity contribution in [3.05, 3.63) is 121 Å². The molecule has 0 unspecified atom stereocenters. The van der Waals surface area contributed by atoms with E-state index in [0.717, 1.165) is 37.8 Å². The highest BCUT2D eigenvalue weighted by Gasteiger charge is 2.17. The van der Waals surface area contributed by atoms with Crippen LogP contribution >= 0.6 is 11.8 Å². The molecule has 0 aliphatic carbocycles. The van der Waals surface area contributed by atoms with Gasteiger partial charge in [0.25, 0.3) is 0 Å². The van der Waals surface area contributed by atoms with Crippen LogP contribution in [0.4, 0.5) is 0 Å². The van der Waals surface area contributed by atoms with E-state index in [2.05, 4.69) is 85.1 Å². The molecule has 4 nitrogen and oxygen atoms in total. The number of pyridine rings is 1. The van der Waals surface area contributed by atoms with Crippen molar-refractivity contribution in [2.24, 2.45) is 6.98 Å². The van der Waals surface area contributed by atoms with E-state index in [1.165, 1.54) is 20.9 Å². The predicted octanol–water partition coefficient (Wildman–Crippen LogP) is 8.22. The summed E-state index contributed by atoms with van der Waals surface area (Å²) in [4.78, 5) is 6.95. The summed E-state index contributed by atoms with van der Waals surface area (Å²) < 4.78 is 29.6. The van der Waals surface area contributed by atoms with Gasteiger partial charge in [0.2, 0.25) is 6.33 Å². The van der Waals surface area contributed by atoms with E-state index < -0.39 is 6.98 Å². The number of hydrogen-bond donors (Lipinski definition) is 0. The maximum absolute atomic E-state index is 8.01. The van der Waals surface area contributed by atoms with Crippen molar-refractivity contribution in [2.75, 3.05) is 0 Å². The molecule has 0 saturated heterocycles. The lowest BCUT2D eigenvalue weighted by atomic mass is 10.1. The van der Waals surface area contributed by atoms with Gasteiger partial charge in [-0.15, -0.1) is 0 Å². The predicted molar refractivity (Wildman–Crippen MR) is 161 cm³/mol. The molecule has 0 amide bonds. The highest BCUT2D eigenvalue weighted by Crippen LogP contribution is 2.37. The van der Waals surface area contributed by atoms with Crippen molar-refractivity contribution in [3.63, 3.8) is 0 Å². The molecule has 7 aromatic rings.